The van der Waals surface area contributed by atoms with Gasteiger partial charge >= 0.3 is 0 Å². The fourth-order valence-corrected chi connectivity index (χ4v) is 4.66. The fraction of sp³-hybridized carbons (Fsp3) is 0.0417. The van der Waals surface area contributed by atoms with Gasteiger partial charge in [-0.05, 0) is 41.6 Å². The zero-order valence-electron chi connectivity index (χ0n) is 16.1. The van der Waals surface area contributed by atoms with E-state index in [4.69, 9.17) is 4.42 Å². The lowest BCUT2D eigenvalue weighted by Gasteiger charge is -2.01. The van der Waals surface area contributed by atoms with Crippen LogP contribution in [0.25, 0.3) is 22.6 Å². The number of sulfonamides is 1. The quantitative estimate of drug-likeness (QED) is 0.225. The molecule has 0 atom stereocenters. The summed E-state index contributed by atoms with van der Waals surface area (Å²) in [5.74, 6) is 1.27. The summed E-state index contributed by atoms with van der Waals surface area (Å²) in [6, 6.07) is 26.0. The Morgan fingerprint density at radius 2 is 1.33 bits per heavy atom. The summed E-state index contributed by atoms with van der Waals surface area (Å²) < 4.78 is 36.4. The second-order valence-corrected chi connectivity index (χ2v) is 9.45. The molecule has 4 aromatic rings. The molecule has 0 fully saturated rings. The molecule has 0 aliphatic carbocycles. The first-order valence-electron chi connectivity index (χ1n) is 9.26. The number of furan rings is 1. The lowest BCUT2D eigenvalue weighted by atomic mass is 10.1. The summed E-state index contributed by atoms with van der Waals surface area (Å²) in [4.78, 5) is 0.160. The van der Waals surface area contributed by atoms with E-state index in [1.165, 1.54) is 6.21 Å². The number of hydrogen-bond acceptors (Lipinski definition) is 3. The van der Waals surface area contributed by atoms with Crippen LogP contribution in [-0.2, 0) is 10.0 Å². The predicted molar refractivity (Wildman–Crippen MR) is 128 cm³/mol. The second-order valence-electron chi connectivity index (χ2n) is 6.74. The summed E-state index contributed by atoms with van der Waals surface area (Å²) in [5.41, 5.74) is 3.39. The van der Waals surface area contributed by atoms with E-state index in [2.05, 4.69) is 27.0 Å². The van der Waals surface area contributed by atoms with Crippen molar-refractivity contribution in [3.63, 3.8) is 0 Å². The van der Waals surface area contributed by atoms with Gasteiger partial charge in [-0.15, -0.1) is 0 Å². The molecule has 0 saturated carbocycles. The molecule has 0 aliphatic rings. The first kappa shape index (κ1) is 20.6. The van der Waals surface area contributed by atoms with Crippen molar-refractivity contribution in [2.24, 2.45) is 4.40 Å². The van der Waals surface area contributed by atoms with Gasteiger partial charge in [0, 0.05) is 11.1 Å². The van der Waals surface area contributed by atoms with Crippen molar-refractivity contribution in [3.8, 4) is 22.6 Å². The van der Waals surface area contributed by atoms with Crippen molar-refractivity contribution in [1.29, 1.82) is 0 Å². The molecule has 0 unspecified atom stereocenters. The molecule has 4 nitrogen and oxygen atoms in total. The van der Waals surface area contributed by atoms with Crippen LogP contribution in [0.2, 0.25) is 0 Å². The molecule has 0 N–H and O–H groups in total. The first-order chi connectivity index (χ1) is 14.5. The highest BCUT2D eigenvalue weighted by molar-refractivity contribution is 14.1. The van der Waals surface area contributed by atoms with E-state index in [0.717, 1.165) is 20.3 Å². The highest BCUT2D eigenvalue weighted by Crippen LogP contribution is 2.37. The second kappa shape index (κ2) is 8.57. The van der Waals surface area contributed by atoms with Crippen molar-refractivity contribution in [1.82, 2.24) is 0 Å². The molecule has 0 radical (unpaired) electrons. The van der Waals surface area contributed by atoms with E-state index >= 15 is 0 Å². The minimum absolute atomic E-state index is 0.160. The van der Waals surface area contributed by atoms with Crippen LogP contribution < -0.4 is 0 Å². The molecule has 0 bridgehead atoms. The summed E-state index contributed by atoms with van der Waals surface area (Å²) in [7, 11) is -3.82. The van der Waals surface area contributed by atoms with Crippen LogP contribution in [0.3, 0.4) is 0 Å². The Morgan fingerprint density at radius 1 is 0.800 bits per heavy atom. The Bertz CT molecular complexity index is 1290. The Hall–Kier alpha value is -2.71. The van der Waals surface area contributed by atoms with Crippen LogP contribution in [0.15, 0.2) is 98.6 Å². The largest absolute Gasteiger partial charge is 0.454 e. The third-order valence-electron chi connectivity index (χ3n) is 4.60. The van der Waals surface area contributed by atoms with Crippen molar-refractivity contribution < 1.29 is 12.8 Å². The van der Waals surface area contributed by atoms with Crippen LogP contribution in [0, 0.1) is 10.5 Å². The molecular weight excluding hydrogens is 509 g/mol. The van der Waals surface area contributed by atoms with E-state index in [0.29, 0.717) is 17.1 Å². The van der Waals surface area contributed by atoms with Crippen molar-refractivity contribution in [2.75, 3.05) is 0 Å². The standard InChI is InChI=1S/C24H18INO3S/c1-17-12-14-20(15-13-17)30(27,28)26-16-21-22(25)24(19-10-6-3-7-11-19)29-23(21)18-8-4-2-5-9-18/h2-16H,1H3/b26-16+. The van der Waals surface area contributed by atoms with Gasteiger partial charge in [-0.3, -0.25) is 0 Å². The molecule has 1 heterocycles. The summed E-state index contributed by atoms with van der Waals surface area (Å²) in [5, 5.41) is 0. The Kier molecular flexibility index (Phi) is 5.87. The maximum absolute atomic E-state index is 12.7. The Labute approximate surface area is 189 Å². The van der Waals surface area contributed by atoms with Gasteiger partial charge in [0.2, 0.25) is 0 Å². The zero-order valence-corrected chi connectivity index (χ0v) is 19.1. The summed E-state index contributed by atoms with van der Waals surface area (Å²) in [6.45, 7) is 1.91. The normalized spacial score (nSPS) is 11.8. The molecule has 3 aromatic carbocycles. The molecular formula is C24H18INO3S. The van der Waals surface area contributed by atoms with E-state index in [-0.39, 0.29) is 4.90 Å². The average molecular weight is 527 g/mol. The number of nitrogens with zero attached hydrogens (tertiary/aromatic N) is 1. The van der Waals surface area contributed by atoms with Crippen LogP contribution in [0.5, 0.6) is 0 Å². The van der Waals surface area contributed by atoms with Crippen molar-refractivity contribution >= 4 is 38.8 Å². The number of hydrogen-bond donors (Lipinski definition) is 0. The highest BCUT2D eigenvalue weighted by atomic mass is 127. The average Bonchev–Trinajstić information content (AvgIpc) is 3.10. The van der Waals surface area contributed by atoms with Gasteiger partial charge < -0.3 is 4.42 Å². The van der Waals surface area contributed by atoms with E-state index in [1.54, 1.807) is 24.3 Å². The molecule has 4 rings (SSSR count). The Balaban J connectivity index is 1.83. The predicted octanol–water partition coefficient (Wildman–Crippen LogP) is 6.33. The molecule has 6 heteroatoms. The molecule has 1 aromatic heterocycles. The summed E-state index contributed by atoms with van der Waals surface area (Å²) in [6.07, 6.45) is 1.38. The number of benzene rings is 3. The van der Waals surface area contributed by atoms with Crippen LogP contribution >= 0.6 is 22.6 Å². The van der Waals surface area contributed by atoms with Gasteiger partial charge in [0.05, 0.1) is 20.2 Å². The SMILES string of the molecule is Cc1ccc(S(=O)(=O)/N=C/c2c(-c3ccccc3)oc(-c3ccccc3)c2I)cc1. The van der Waals surface area contributed by atoms with Gasteiger partial charge in [0.1, 0.15) is 11.5 Å². The number of halogens is 1. The van der Waals surface area contributed by atoms with Crippen LogP contribution in [0.1, 0.15) is 11.1 Å². The maximum atomic E-state index is 12.7. The monoisotopic (exact) mass is 527 g/mol. The first-order valence-corrected chi connectivity index (χ1v) is 11.8. The number of rotatable bonds is 5. The van der Waals surface area contributed by atoms with Crippen molar-refractivity contribution in [2.45, 2.75) is 11.8 Å². The highest BCUT2D eigenvalue weighted by Gasteiger charge is 2.21. The van der Waals surface area contributed by atoms with Gasteiger partial charge in [0.15, 0.2) is 0 Å². The lowest BCUT2D eigenvalue weighted by molar-refractivity contribution is 0.596. The smallest absolute Gasteiger partial charge is 0.282 e. The topological polar surface area (TPSA) is 59.6 Å². The van der Waals surface area contributed by atoms with Gasteiger partial charge in [-0.25, -0.2) is 0 Å². The van der Waals surface area contributed by atoms with Gasteiger partial charge in [0.25, 0.3) is 10.0 Å². The van der Waals surface area contributed by atoms with Gasteiger partial charge in [-0.2, -0.15) is 12.8 Å². The zero-order chi connectivity index (χ0) is 21.1. The molecule has 0 spiro atoms. The molecule has 0 amide bonds. The summed E-state index contributed by atoms with van der Waals surface area (Å²) >= 11 is 2.18. The third kappa shape index (κ3) is 4.24. The molecule has 150 valence electrons. The van der Waals surface area contributed by atoms with Crippen LogP contribution in [0.4, 0.5) is 0 Å². The van der Waals surface area contributed by atoms with Crippen molar-refractivity contribution in [3.05, 3.63) is 99.6 Å². The third-order valence-corrected chi connectivity index (χ3v) is 6.92. The molecule has 0 aliphatic heterocycles. The van der Waals surface area contributed by atoms with E-state index in [9.17, 15) is 8.42 Å². The van der Waals surface area contributed by atoms with Crippen LogP contribution in [-0.4, -0.2) is 14.6 Å². The Morgan fingerprint density at radius 3 is 1.90 bits per heavy atom. The van der Waals surface area contributed by atoms with E-state index < -0.39 is 10.0 Å². The number of aryl methyl sites for hydroxylation is 1. The minimum atomic E-state index is -3.82. The maximum Gasteiger partial charge on any atom is 0.282 e. The molecule has 0 saturated heterocycles. The van der Waals surface area contributed by atoms with E-state index in [1.807, 2.05) is 67.6 Å². The van der Waals surface area contributed by atoms with Gasteiger partial charge in [-0.1, -0.05) is 78.4 Å². The lowest BCUT2D eigenvalue weighted by Crippen LogP contribution is -1.98. The minimum Gasteiger partial charge on any atom is -0.454 e. The fourth-order valence-electron chi connectivity index (χ4n) is 3.01. The molecule has 30 heavy (non-hydrogen) atoms.